The van der Waals surface area contributed by atoms with Gasteiger partial charge < -0.3 is 9.64 Å². The molecule has 0 radical (unpaired) electrons. The molecule has 5 nitrogen and oxygen atoms in total. The predicted molar refractivity (Wildman–Crippen MR) is 42.4 cm³/mol. The van der Waals surface area contributed by atoms with E-state index < -0.39 is 22.1 Å². The van der Waals surface area contributed by atoms with Gasteiger partial charge in [0.1, 0.15) is 6.61 Å². The minimum absolute atomic E-state index is 0.105. The smallest absolute Gasteiger partial charge is 0.409 e. The van der Waals surface area contributed by atoms with Crippen molar-refractivity contribution >= 4 is 16.3 Å². The molecular weight excluding hydrogens is 201 g/mol. The van der Waals surface area contributed by atoms with Gasteiger partial charge in [-0.1, -0.05) is 0 Å². The van der Waals surface area contributed by atoms with E-state index in [-0.39, 0.29) is 13.0 Å². The molecule has 0 aromatic heterocycles. The van der Waals surface area contributed by atoms with Gasteiger partial charge in [-0.25, -0.2) is 4.79 Å². The number of cyclic esters (lactones) is 1. The zero-order valence-electron chi connectivity index (χ0n) is 6.90. The second kappa shape index (κ2) is 3.91. The van der Waals surface area contributed by atoms with Crippen molar-refractivity contribution in [1.82, 2.24) is 4.90 Å². The zero-order valence-corrected chi connectivity index (χ0v) is 7.72. The van der Waals surface area contributed by atoms with Gasteiger partial charge in [-0.15, -0.1) is 3.89 Å². The van der Waals surface area contributed by atoms with Crippen LogP contribution in [0.3, 0.4) is 0 Å². The molecule has 0 saturated carbocycles. The highest BCUT2D eigenvalue weighted by Gasteiger charge is 2.21. The average molecular weight is 211 g/mol. The monoisotopic (exact) mass is 211 g/mol. The normalized spacial score (nSPS) is 17.6. The molecule has 1 rings (SSSR count). The summed E-state index contributed by atoms with van der Waals surface area (Å²) in [6, 6.07) is 0. The third-order valence-electron chi connectivity index (χ3n) is 1.66. The molecule has 1 saturated heterocycles. The van der Waals surface area contributed by atoms with Gasteiger partial charge in [0.05, 0.1) is 12.3 Å². The van der Waals surface area contributed by atoms with Gasteiger partial charge in [0.25, 0.3) is 0 Å². The molecule has 0 atom stereocenters. The summed E-state index contributed by atoms with van der Waals surface area (Å²) in [7, 11) is -4.41. The first-order valence-electron chi connectivity index (χ1n) is 3.83. The van der Waals surface area contributed by atoms with Crippen LogP contribution >= 0.6 is 0 Å². The van der Waals surface area contributed by atoms with E-state index in [0.717, 1.165) is 0 Å². The van der Waals surface area contributed by atoms with Gasteiger partial charge in [0.2, 0.25) is 0 Å². The Kier molecular flexibility index (Phi) is 3.07. The molecule has 1 aliphatic rings. The summed E-state index contributed by atoms with van der Waals surface area (Å²) < 4.78 is 36.8. The van der Waals surface area contributed by atoms with Crippen LogP contribution in [0, 0.1) is 0 Å². The molecule has 0 aliphatic carbocycles. The number of hydrogen-bond acceptors (Lipinski definition) is 4. The number of carbonyl (C=O) groups is 1. The van der Waals surface area contributed by atoms with Gasteiger partial charge in [-0.2, -0.15) is 8.42 Å². The Bertz CT molecular complexity index is 289. The van der Waals surface area contributed by atoms with Crippen molar-refractivity contribution < 1.29 is 21.8 Å². The van der Waals surface area contributed by atoms with Gasteiger partial charge >= 0.3 is 16.3 Å². The quantitative estimate of drug-likeness (QED) is 0.620. The van der Waals surface area contributed by atoms with Crippen LogP contribution < -0.4 is 0 Å². The molecule has 76 valence electrons. The number of ether oxygens (including phenoxy) is 1. The third-order valence-corrected chi connectivity index (χ3v) is 2.44. The summed E-state index contributed by atoms with van der Waals surface area (Å²) in [4.78, 5) is 12.1. The van der Waals surface area contributed by atoms with E-state index >= 15 is 0 Å². The van der Waals surface area contributed by atoms with Crippen molar-refractivity contribution in [3.8, 4) is 0 Å². The van der Waals surface area contributed by atoms with Crippen LogP contribution in [0.5, 0.6) is 0 Å². The van der Waals surface area contributed by atoms with Crippen molar-refractivity contribution in [2.45, 2.75) is 6.42 Å². The van der Waals surface area contributed by atoms with E-state index in [1.165, 1.54) is 4.90 Å². The minimum atomic E-state index is -4.41. The van der Waals surface area contributed by atoms with Gasteiger partial charge in [-0.3, -0.25) is 0 Å². The fourth-order valence-corrected chi connectivity index (χ4v) is 1.53. The summed E-state index contributed by atoms with van der Waals surface area (Å²) in [5.41, 5.74) is 0. The molecule has 0 bridgehead atoms. The van der Waals surface area contributed by atoms with Crippen molar-refractivity contribution in [2.24, 2.45) is 0 Å². The zero-order chi connectivity index (χ0) is 9.90. The fourth-order valence-electron chi connectivity index (χ4n) is 1.06. The van der Waals surface area contributed by atoms with Crippen LogP contribution in [0.25, 0.3) is 0 Å². The van der Waals surface area contributed by atoms with E-state index in [9.17, 15) is 17.1 Å². The Morgan fingerprint density at radius 3 is 2.69 bits per heavy atom. The molecule has 13 heavy (non-hydrogen) atoms. The summed E-state index contributed by atoms with van der Waals surface area (Å²) in [6.45, 7) is 0.994. The predicted octanol–water partition coefficient (Wildman–Crippen LogP) is 0.128. The van der Waals surface area contributed by atoms with Crippen LogP contribution in [0.1, 0.15) is 6.42 Å². The van der Waals surface area contributed by atoms with E-state index in [0.29, 0.717) is 13.2 Å². The maximum absolute atomic E-state index is 12.0. The first-order valence-corrected chi connectivity index (χ1v) is 5.38. The highest BCUT2D eigenvalue weighted by Crippen LogP contribution is 2.04. The van der Waals surface area contributed by atoms with E-state index in [1.54, 1.807) is 0 Å². The van der Waals surface area contributed by atoms with Crippen molar-refractivity contribution in [1.29, 1.82) is 0 Å². The fraction of sp³-hybridized carbons (Fsp3) is 0.833. The molecule has 0 N–H and O–H groups in total. The van der Waals surface area contributed by atoms with E-state index in [1.807, 2.05) is 0 Å². The Morgan fingerprint density at radius 2 is 2.23 bits per heavy atom. The summed E-state index contributed by atoms with van der Waals surface area (Å²) in [5.74, 6) is -0.545. The van der Waals surface area contributed by atoms with Gasteiger partial charge in [-0.05, 0) is 6.42 Å². The highest BCUT2D eigenvalue weighted by atomic mass is 32.3. The van der Waals surface area contributed by atoms with Crippen molar-refractivity contribution in [3.63, 3.8) is 0 Å². The lowest BCUT2D eigenvalue weighted by Crippen LogP contribution is -2.26. The molecule has 0 aromatic rings. The molecular formula is C6H10FNO4S. The van der Waals surface area contributed by atoms with Crippen molar-refractivity contribution in [2.75, 3.05) is 25.4 Å². The van der Waals surface area contributed by atoms with Crippen molar-refractivity contribution in [3.05, 3.63) is 0 Å². The number of nitrogens with zero attached hydrogens (tertiary/aromatic N) is 1. The topological polar surface area (TPSA) is 63.7 Å². The van der Waals surface area contributed by atoms with Gasteiger partial charge in [0.15, 0.2) is 0 Å². The largest absolute Gasteiger partial charge is 0.448 e. The van der Waals surface area contributed by atoms with Crippen LogP contribution in [-0.4, -0.2) is 44.9 Å². The maximum Gasteiger partial charge on any atom is 0.409 e. The lowest BCUT2D eigenvalue weighted by Gasteiger charge is -2.10. The van der Waals surface area contributed by atoms with Gasteiger partial charge in [0, 0.05) is 6.54 Å². The molecule has 1 fully saturated rings. The van der Waals surface area contributed by atoms with E-state index in [2.05, 4.69) is 4.74 Å². The Labute approximate surface area is 75.7 Å². The first-order chi connectivity index (χ1) is 5.99. The Morgan fingerprint density at radius 1 is 1.54 bits per heavy atom. The summed E-state index contributed by atoms with van der Waals surface area (Å²) >= 11 is 0. The minimum Gasteiger partial charge on any atom is -0.448 e. The maximum atomic E-state index is 12.0. The average Bonchev–Trinajstić information content (AvgIpc) is 2.34. The van der Waals surface area contributed by atoms with Crippen LogP contribution in [0.15, 0.2) is 0 Å². The Balaban J connectivity index is 2.23. The standard InChI is InChI=1S/C6H10FNO4S/c7-13(10,11)5-1-2-8-3-4-12-6(8)9/h1-5H2. The molecule has 7 heteroatoms. The lowest BCUT2D eigenvalue weighted by molar-refractivity contribution is 0.158. The number of halogens is 1. The number of carbonyl (C=O) groups excluding carboxylic acids is 1. The van der Waals surface area contributed by atoms with Crippen LogP contribution in [0.4, 0.5) is 8.68 Å². The molecule has 1 heterocycles. The SMILES string of the molecule is O=C1OCCN1CCCS(=O)(=O)F. The number of hydrogen-bond donors (Lipinski definition) is 0. The van der Waals surface area contributed by atoms with Crippen LogP contribution in [-0.2, 0) is 15.0 Å². The molecule has 0 unspecified atom stereocenters. The third kappa shape index (κ3) is 3.58. The highest BCUT2D eigenvalue weighted by molar-refractivity contribution is 7.86. The Hall–Kier alpha value is -0.850. The molecule has 0 spiro atoms. The molecule has 0 aromatic carbocycles. The number of amides is 1. The molecule has 1 amide bonds. The second-order valence-corrected chi connectivity index (χ2v) is 4.18. The van der Waals surface area contributed by atoms with E-state index in [4.69, 9.17) is 0 Å². The first kappa shape index (κ1) is 10.2. The summed E-state index contributed by atoms with van der Waals surface area (Å²) in [6.07, 6.45) is -0.357. The molecule has 1 aliphatic heterocycles. The van der Waals surface area contributed by atoms with Crippen LogP contribution in [0.2, 0.25) is 0 Å². The number of rotatable bonds is 4. The lowest BCUT2D eigenvalue weighted by atomic mass is 10.4. The second-order valence-electron chi connectivity index (χ2n) is 2.70. The summed E-state index contributed by atoms with van der Waals surface area (Å²) in [5, 5.41) is 0.